The predicted octanol–water partition coefficient (Wildman–Crippen LogP) is 3.87. The van der Waals surface area contributed by atoms with Crippen LogP contribution < -0.4 is 0 Å². The molecule has 0 aromatic heterocycles. The van der Waals surface area contributed by atoms with Crippen LogP contribution in [0.25, 0.3) is 0 Å². The first-order valence-corrected chi connectivity index (χ1v) is 13.4. The zero-order chi connectivity index (χ0) is 25.2. The highest BCUT2D eigenvalue weighted by Crippen LogP contribution is 2.56. The fraction of sp³-hybridized carbons (Fsp3) is 0.556. The monoisotopic (exact) mass is 499 g/mol. The van der Waals surface area contributed by atoms with Crippen LogP contribution in [0.4, 0.5) is 0 Å². The lowest BCUT2D eigenvalue weighted by atomic mass is 9.56. The normalized spacial score (nSPS) is 33.3. The molecule has 1 saturated carbocycles. The third-order valence-corrected chi connectivity index (χ3v) is 10.1. The SMILES string of the molecule is CC1=C(O)C(N(C)C)C2CC3C(=C(O)C2(O)C1=O)C(=O)c1c(O)cccc1C3CSC1CCCC1. The van der Waals surface area contributed by atoms with Gasteiger partial charge in [-0.05, 0) is 57.8 Å². The van der Waals surface area contributed by atoms with Gasteiger partial charge in [0.1, 0.15) is 17.3 Å². The number of carbonyl (C=O) groups excluding carboxylic acids is 2. The highest BCUT2D eigenvalue weighted by Gasteiger charge is 2.62. The highest BCUT2D eigenvalue weighted by atomic mass is 32.2. The summed E-state index contributed by atoms with van der Waals surface area (Å²) in [5.41, 5.74) is -1.42. The van der Waals surface area contributed by atoms with Crippen molar-refractivity contribution in [3.05, 3.63) is 52.0 Å². The minimum absolute atomic E-state index is 0.0205. The average molecular weight is 500 g/mol. The van der Waals surface area contributed by atoms with Gasteiger partial charge in [-0.3, -0.25) is 14.5 Å². The number of carbonyl (C=O) groups is 2. The second-order valence-electron chi connectivity index (χ2n) is 10.6. The Labute approximate surface area is 209 Å². The van der Waals surface area contributed by atoms with Gasteiger partial charge in [-0.2, -0.15) is 11.8 Å². The van der Waals surface area contributed by atoms with Crippen LogP contribution in [0.3, 0.4) is 0 Å². The maximum absolute atomic E-state index is 13.7. The van der Waals surface area contributed by atoms with E-state index in [1.54, 1.807) is 25.1 Å². The first kappa shape index (κ1) is 24.4. The van der Waals surface area contributed by atoms with Gasteiger partial charge in [-0.1, -0.05) is 25.0 Å². The van der Waals surface area contributed by atoms with Crippen molar-refractivity contribution in [2.24, 2.45) is 11.8 Å². The quantitative estimate of drug-likeness (QED) is 0.493. The molecule has 0 amide bonds. The number of aromatic hydroxyl groups is 1. The number of aliphatic hydroxyl groups excluding tert-OH is 2. The van der Waals surface area contributed by atoms with Crippen LogP contribution in [0, 0.1) is 11.8 Å². The predicted molar refractivity (Wildman–Crippen MR) is 134 cm³/mol. The average Bonchev–Trinajstić information content (AvgIpc) is 3.33. The van der Waals surface area contributed by atoms with Gasteiger partial charge in [0.2, 0.25) is 5.78 Å². The molecule has 4 aliphatic carbocycles. The molecule has 0 bridgehead atoms. The molecule has 188 valence electrons. The molecule has 4 aliphatic rings. The van der Waals surface area contributed by atoms with Crippen molar-refractivity contribution in [1.29, 1.82) is 0 Å². The Morgan fingerprint density at radius 1 is 1.11 bits per heavy atom. The van der Waals surface area contributed by atoms with Crippen LogP contribution >= 0.6 is 11.8 Å². The zero-order valence-corrected chi connectivity index (χ0v) is 21.1. The number of benzene rings is 1. The van der Waals surface area contributed by atoms with E-state index in [-0.39, 0.29) is 40.6 Å². The molecule has 0 spiro atoms. The number of hydrogen-bond donors (Lipinski definition) is 4. The van der Waals surface area contributed by atoms with Crippen LogP contribution in [0.1, 0.15) is 60.9 Å². The van der Waals surface area contributed by atoms with Gasteiger partial charge in [0.15, 0.2) is 11.4 Å². The van der Waals surface area contributed by atoms with Gasteiger partial charge < -0.3 is 20.4 Å². The molecule has 5 atom stereocenters. The van der Waals surface area contributed by atoms with Crippen molar-refractivity contribution < 1.29 is 30.0 Å². The summed E-state index contributed by atoms with van der Waals surface area (Å²) in [6.07, 6.45) is 4.97. The van der Waals surface area contributed by atoms with Crippen LogP contribution in [0.15, 0.2) is 40.9 Å². The number of allylic oxidation sites excluding steroid dienone is 1. The standard InChI is InChI=1S/C27H33NO6S/c1-13-23(30)22(28(2)3)18-11-16-17(12-35-14-7-4-5-8-14)15-9-6-10-19(29)20(15)24(31)21(16)26(33)27(18,34)25(13)32/h6,9-10,14,16-18,22,29-30,33-34H,4-5,7-8,11-12H2,1-3H3. The molecule has 0 saturated heterocycles. The summed E-state index contributed by atoms with van der Waals surface area (Å²) in [5.74, 6) is -2.98. The Balaban J connectivity index is 1.67. The summed E-state index contributed by atoms with van der Waals surface area (Å²) in [7, 11) is 3.51. The van der Waals surface area contributed by atoms with E-state index in [2.05, 4.69) is 0 Å². The lowest BCUT2D eigenvalue weighted by Gasteiger charge is -2.51. The van der Waals surface area contributed by atoms with E-state index in [1.165, 1.54) is 25.8 Å². The number of phenols is 1. The summed E-state index contributed by atoms with van der Waals surface area (Å²) in [6, 6.07) is 4.35. The minimum atomic E-state index is -2.31. The molecule has 8 heteroatoms. The topological polar surface area (TPSA) is 118 Å². The van der Waals surface area contributed by atoms with E-state index in [9.17, 15) is 30.0 Å². The van der Waals surface area contributed by atoms with Crippen molar-refractivity contribution in [3.8, 4) is 5.75 Å². The number of Topliss-reactive ketones (excluding diaryl/α,β-unsaturated/α-hetero) is 2. The number of phenolic OH excluding ortho intramolecular Hbond substituents is 1. The minimum Gasteiger partial charge on any atom is -0.510 e. The molecular weight excluding hydrogens is 466 g/mol. The first-order valence-electron chi connectivity index (χ1n) is 12.3. The van der Waals surface area contributed by atoms with Crippen molar-refractivity contribution in [2.75, 3.05) is 19.8 Å². The fourth-order valence-electron chi connectivity index (χ4n) is 6.78. The summed E-state index contributed by atoms with van der Waals surface area (Å²) < 4.78 is 0. The van der Waals surface area contributed by atoms with Gasteiger partial charge in [0.25, 0.3) is 0 Å². The Kier molecular flexibility index (Phi) is 6.05. The molecule has 0 radical (unpaired) electrons. The number of hydrogen-bond acceptors (Lipinski definition) is 8. The number of thioether (sulfide) groups is 1. The zero-order valence-electron chi connectivity index (χ0n) is 20.3. The van der Waals surface area contributed by atoms with Crippen molar-refractivity contribution in [2.45, 2.75) is 61.8 Å². The number of aliphatic hydroxyl groups is 3. The van der Waals surface area contributed by atoms with Gasteiger partial charge in [-0.15, -0.1) is 0 Å². The van der Waals surface area contributed by atoms with E-state index in [0.29, 0.717) is 11.0 Å². The van der Waals surface area contributed by atoms with E-state index in [4.69, 9.17) is 0 Å². The maximum Gasteiger partial charge on any atom is 0.201 e. The lowest BCUT2D eigenvalue weighted by Crippen LogP contribution is -2.63. The third-order valence-electron chi connectivity index (χ3n) is 8.57. The molecule has 0 heterocycles. The molecule has 1 aromatic carbocycles. The molecule has 5 unspecified atom stereocenters. The Morgan fingerprint density at radius 2 is 1.80 bits per heavy atom. The Morgan fingerprint density at radius 3 is 2.46 bits per heavy atom. The summed E-state index contributed by atoms with van der Waals surface area (Å²) in [5, 5.41) is 45.3. The van der Waals surface area contributed by atoms with Crippen LogP contribution in [-0.4, -0.2) is 73.6 Å². The van der Waals surface area contributed by atoms with Crippen molar-refractivity contribution in [3.63, 3.8) is 0 Å². The Hall–Kier alpha value is -2.29. The highest BCUT2D eigenvalue weighted by molar-refractivity contribution is 7.99. The molecule has 7 nitrogen and oxygen atoms in total. The number of nitrogens with zero attached hydrogens (tertiary/aromatic N) is 1. The summed E-state index contributed by atoms with van der Waals surface area (Å²) in [4.78, 5) is 28.7. The number of likely N-dealkylation sites (N-methyl/N-ethyl adjacent to an activating group) is 1. The molecule has 1 aromatic rings. The maximum atomic E-state index is 13.7. The van der Waals surface area contributed by atoms with Crippen LogP contribution in [-0.2, 0) is 4.79 Å². The molecule has 4 N–H and O–H groups in total. The molecule has 35 heavy (non-hydrogen) atoms. The van der Waals surface area contributed by atoms with Crippen LogP contribution in [0.2, 0.25) is 0 Å². The number of ketones is 2. The van der Waals surface area contributed by atoms with Gasteiger partial charge in [0, 0.05) is 34.0 Å². The second kappa shape index (κ2) is 8.68. The Bertz CT molecular complexity index is 1150. The lowest BCUT2D eigenvalue weighted by molar-refractivity contribution is -0.147. The molecular formula is C27H33NO6S. The largest absolute Gasteiger partial charge is 0.510 e. The second-order valence-corrected chi connectivity index (χ2v) is 12.0. The smallest absolute Gasteiger partial charge is 0.201 e. The molecule has 5 rings (SSSR count). The van der Waals surface area contributed by atoms with Gasteiger partial charge >= 0.3 is 0 Å². The van der Waals surface area contributed by atoms with Crippen LogP contribution in [0.5, 0.6) is 5.75 Å². The van der Waals surface area contributed by atoms with Crippen molar-refractivity contribution >= 4 is 23.3 Å². The van der Waals surface area contributed by atoms with E-state index >= 15 is 0 Å². The summed E-state index contributed by atoms with van der Waals surface area (Å²) in [6.45, 7) is 1.43. The van der Waals surface area contributed by atoms with Gasteiger partial charge in [-0.25, -0.2) is 0 Å². The number of fused-ring (bicyclic) bond motifs is 3. The van der Waals surface area contributed by atoms with Crippen molar-refractivity contribution in [1.82, 2.24) is 4.90 Å². The first-order chi connectivity index (χ1) is 16.6. The third kappa shape index (κ3) is 3.48. The number of rotatable bonds is 4. The fourth-order valence-corrected chi connectivity index (χ4v) is 8.34. The molecule has 1 fully saturated rings. The summed E-state index contributed by atoms with van der Waals surface area (Å²) >= 11 is 1.86. The van der Waals surface area contributed by atoms with E-state index < -0.39 is 40.8 Å². The van der Waals surface area contributed by atoms with E-state index in [1.807, 2.05) is 17.8 Å². The molecule has 0 aliphatic heterocycles. The van der Waals surface area contributed by atoms with E-state index in [0.717, 1.165) is 18.4 Å². The van der Waals surface area contributed by atoms with Gasteiger partial charge in [0.05, 0.1) is 11.6 Å².